The van der Waals surface area contributed by atoms with Crippen LogP contribution >= 0.6 is 0 Å². The summed E-state index contributed by atoms with van der Waals surface area (Å²) in [4.78, 5) is 9.88. The van der Waals surface area contributed by atoms with E-state index in [2.05, 4.69) is 32.4 Å². The third-order valence-corrected chi connectivity index (χ3v) is 2.56. The monoisotopic (exact) mass is 171 g/mol. The van der Waals surface area contributed by atoms with E-state index in [1.807, 2.05) is 0 Å². The van der Waals surface area contributed by atoms with Gasteiger partial charge in [-0.3, -0.25) is 0 Å². The van der Waals surface area contributed by atoms with Gasteiger partial charge in [0.1, 0.15) is 0 Å². The molecule has 0 amide bonds. The van der Waals surface area contributed by atoms with Crippen LogP contribution in [0.2, 0.25) is 0 Å². The zero-order valence-electron chi connectivity index (χ0n) is 8.52. The normalized spacial score (nSPS) is 14.0. The summed E-state index contributed by atoms with van der Waals surface area (Å²) in [6, 6.07) is 0. The predicted molar refractivity (Wildman–Crippen MR) is 49.5 cm³/mol. The summed E-state index contributed by atoms with van der Waals surface area (Å²) in [5, 5.41) is 0. The van der Waals surface area contributed by atoms with Crippen molar-refractivity contribution in [3.05, 3.63) is 0 Å². The molecule has 1 atom stereocenters. The lowest BCUT2D eigenvalue weighted by Gasteiger charge is -2.30. The van der Waals surface area contributed by atoms with E-state index in [1.165, 1.54) is 19.3 Å². The molecule has 12 heavy (non-hydrogen) atoms. The van der Waals surface area contributed by atoms with Crippen LogP contribution in [0.25, 0.3) is 0 Å². The van der Waals surface area contributed by atoms with Gasteiger partial charge in [-0.05, 0) is 5.92 Å². The zero-order chi connectivity index (χ0) is 9.61. The Morgan fingerprint density at radius 1 is 1.50 bits per heavy atom. The Morgan fingerprint density at radius 3 is 2.50 bits per heavy atom. The minimum absolute atomic E-state index is 0.0768. The highest BCUT2D eigenvalue weighted by atomic mass is 16.5. The molecule has 0 aliphatic carbocycles. The Morgan fingerprint density at radius 2 is 2.08 bits per heavy atom. The number of carbonyl (C=O) groups excluding carboxylic acids is 1. The lowest BCUT2D eigenvalue weighted by atomic mass is 9.78. The van der Waals surface area contributed by atoms with Gasteiger partial charge < -0.3 is 4.74 Å². The second kappa shape index (κ2) is 5.18. The van der Waals surface area contributed by atoms with Crippen LogP contribution in [-0.4, -0.2) is 13.1 Å². The number of ether oxygens (including phenoxy) is 1. The van der Waals surface area contributed by atoms with Crippen molar-refractivity contribution in [1.82, 2.24) is 0 Å². The fourth-order valence-corrected chi connectivity index (χ4v) is 1.18. The second-order valence-corrected chi connectivity index (χ2v) is 4.05. The fraction of sp³-hybridized carbons (Fsp3) is 0.900. The van der Waals surface area contributed by atoms with Gasteiger partial charge in [-0.25, -0.2) is 4.79 Å². The van der Waals surface area contributed by atoms with Crippen LogP contribution in [0.3, 0.4) is 0 Å². The molecule has 0 aromatic heterocycles. The van der Waals surface area contributed by atoms with Crippen molar-refractivity contribution < 1.29 is 9.53 Å². The molecule has 2 nitrogen and oxygen atoms in total. The molecule has 71 valence electrons. The lowest BCUT2D eigenvalue weighted by Crippen LogP contribution is -2.27. The van der Waals surface area contributed by atoms with Crippen molar-refractivity contribution in [3.8, 4) is 0 Å². The van der Waals surface area contributed by atoms with E-state index >= 15 is 0 Å². The summed E-state index contributed by atoms with van der Waals surface area (Å²) in [6.07, 6.45) is 2.35. The van der Waals surface area contributed by atoms with E-state index in [0.29, 0.717) is 12.5 Å². The van der Waals surface area contributed by atoms with Crippen LogP contribution in [0.5, 0.6) is 0 Å². The van der Waals surface area contributed by atoms with Gasteiger partial charge in [0.05, 0.1) is 6.61 Å². The smallest absolute Gasteiger partial charge is 0.417 e. The summed E-state index contributed by atoms with van der Waals surface area (Å²) < 4.78 is 4.66. The van der Waals surface area contributed by atoms with Gasteiger partial charge in [-0.1, -0.05) is 40.5 Å². The first-order valence-electron chi connectivity index (χ1n) is 4.53. The van der Waals surface area contributed by atoms with Gasteiger partial charge in [0, 0.05) is 5.41 Å². The van der Waals surface area contributed by atoms with Gasteiger partial charge in [-0.15, -0.1) is 0 Å². The molecule has 0 spiro atoms. The van der Waals surface area contributed by atoms with Crippen LogP contribution in [-0.2, 0) is 9.53 Å². The lowest BCUT2D eigenvalue weighted by molar-refractivity contribution is 0.104. The van der Waals surface area contributed by atoms with Crippen LogP contribution in [0, 0.1) is 11.3 Å². The van der Waals surface area contributed by atoms with Crippen molar-refractivity contribution in [2.75, 3.05) is 6.61 Å². The third-order valence-electron chi connectivity index (χ3n) is 2.56. The molecular weight excluding hydrogens is 152 g/mol. The molecule has 0 aliphatic heterocycles. The largest absolute Gasteiger partial charge is 0.457 e. The highest BCUT2D eigenvalue weighted by Crippen LogP contribution is 2.29. The Labute approximate surface area is 75.3 Å². The molecule has 0 saturated heterocycles. The van der Waals surface area contributed by atoms with E-state index in [-0.39, 0.29) is 5.41 Å². The predicted octanol–water partition coefficient (Wildman–Crippen LogP) is 2.53. The first-order valence-corrected chi connectivity index (χ1v) is 4.53. The maximum Gasteiger partial charge on any atom is 0.417 e. The quantitative estimate of drug-likeness (QED) is 0.614. The molecule has 2 heteroatoms. The summed E-state index contributed by atoms with van der Waals surface area (Å²) in [5.41, 5.74) is 0.0768. The van der Waals surface area contributed by atoms with Crippen molar-refractivity contribution >= 4 is 6.47 Å². The van der Waals surface area contributed by atoms with Gasteiger partial charge >= 0.3 is 6.47 Å². The zero-order valence-corrected chi connectivity index (χ0v) is 8.52. The van der Waals surface area contributed by atoms with Gasteiger partial charge in [-0.2, -0.15) is 0 Å². The first kappa shape index (κ1) is 11.5. The second-order valence-electron chi connectivity index (χ2n) is 4.05. The summed E-state index contributed by atoms with van der Waals surface area (Å²) in [5.74, 6) is 0.579. The summed E-state index contributed by atoms with van der Waals surface area (Å²) in [6.45, 7) is 10.5. The van der Waals surface area contributed by atoms with Crippen molar-refractivity contribution in [2.45, 2.75) is 40.5 Å². The number of hydrogen-bond acceptors (Lipinski definition) is 2. The van der Waals surface area contributed by atoms with E-state index in [1.54, 1.807) is 0 Å². The molecule has 1 radical (unpaired) electrons. The molecule has 0 fully saturated rings. The van der Waals surface area contributed by atoms with Crippen molar-refractivity contribution in [1.29, 1.82) is 0 Å². The minimum Gasteiger partial charge on any atom is -0.457 e. The molecule has 0 aromatic rings. The van der Waals surface area contributed by atoms with Gasteiger partial charge in [0.25, 0.3) is 0 Å². The Kier molecular flexibility index (Phi) is 4.95. The molecule has 0 rings (SSSR count). The molecule has 0 heterocycles. The standard InChI is InChI=1S/C10H19O2/c1-5-6-9(2)10(3,4)7-12-8-11/h9H,5-7H2,1-4H3. The maximum atomic E-state index is 9.88. The fourth-order valence-electron chi connectivity index (χ4n) is 1.18. The molecule has 0 saturated carbocycles. The van der Waals surface area contributed by atoms with E-state index in [0.717, 1.165) is 0 Å². The summed E-state index contributed by atoms with van der Waals surface area (Å²) >= 11 is 0. The van der Waals surface area contributed by atoms with Crippen molar-refractivity contribution in [2.24, 2.45) is 11.3 Å². The molecule has 1 unspecified atom stereocenters. The Balaban J connectivity index is 3.89. The maximum absolute atomic E-state index is 9.88. The average molecular weight is 171 g/mol. The Bertz CT molecular complexity index is 130. The number of hydrogen-bond donors (Lipinski definition) is 0. The van der Waals surface area contributed by atoms with E-state index < -0.39 is 0 Å². The average Bonchev–Trinajstić information content (AvgIpc) is 2.01. The minimum atomic E-state index is 0.0768. The molecule has 0 aliphatic rings. The van der Waals surface area contributed by atoms with Crippen LogP contribution < -0.4 is 0 Å². The van der Waals surface area contributed by atoms with Crippen LogP contribution in [0.4, 0.5) is 0 Å². The van der Waals surface area contributed by atoms with Crippen LogP contribution in [0.1, 0.15) is 40.5 Å². The Hall–Kier alpha value is -0.530. The number of rotatable bonds is 6. The van der Waals surface area contributed by atoms with Crippen LogP contribution in [0.15, 0.2) is 0 Å². The summed E-state index contributed by atoms with van der Waals surface area (Å²) in [7, 11) is 0. The van der Waals surface area contributed by atoms with Gasteiger partial charge in [0.15, 0.2) is 0 Å². The highest BCUT2D eigenvalue weighted by molar-refractivity contribution is 5.38. The van der Waals surface area contributed by atoms with Gasteiger partial charge in [0.2, 0.25) is 0 Å². The third kappa shape index (κ3) is 3.74. The topological polar surface area (TPSA) is 26.3 Å². The molecule has 0 bridgehead atoms. The first-order chi connectivity index (χ1) is 5.54. The van der Waals surface area contributed by atoms with E-state index in [4.69, 9.17) is 0 Å². The molecule has 0 N–H and O–H groups in total. The van der Waals surface area contributed by atoms with E-state index in [9.17, 15) is 4.79 Å². The molecule has 0 aromatic carbocycles. The molecular formula is C10H19O2. The van der Waals surface area contributed by atoms with Crippen molar-refractivity contribution in [3.63, 3.8) is 0 Å². The highest BCUT2D eigenvalue weighted by Gasteiger charge is 2.25. The SMILES string of the molecule is CCCC(C)C(C)(C)CO[C]=O.